The molecule has 9 nitrogen and oxygen atoms in total. The molecular weight excluding hydrogens is 400 g/mol. The first-order valence-corrected chi connectivity index (χ1v) is 9.97. The molecule has 0 saturated carbocycles. The maximum atomic E-state index is 13.1. The van der Waals surface area contributed by atoms with Crippen molar-refractivity contribution >= 4 is 16.9 Å². The first-order chi connectivity index (χ1) is 14.8. The molecule has 1 amide bonds. The van der Waals surface area contributed by atoms with E-state index in [4.69, 9.17) is 9.47 Å². The van der Waals surface area contributed by atoms with Crippen molar-refractivity contribution in [2.75, 3.05) is 14.2 Å². The third-order valence-corrected chi connectivity index (χ3v) is 5.05. The molecular formula is C22H26N4O5. The molecule has 2 N–H and O–H groups in total. The number of benzene rings is 1. The van der Waals surface area contributed by atoms with Crippen molar-refractivity contribution in [3.63, 3.8) is 0 Å². The summed E-state index contributed by atoms with van der Waals surface area (Å²) in [4.78, 5) is 44.8. The number of H-pyrrole nitrogens is 1. The number of aryl methyl sites for hydroxylation is 1. The minimum Gasteiger partial charge on any atom is -0.497 e. The fraction of sp³-hybridized carbons (Fsp3) is 0.364. The topological polar surface area (TPSA) is 115 Å². The van der Waals surface area contributed by atoms with Gasteiger partial charge in [0.2, 0.25) is 0 Å². The van der Waals surface area contributed by atoms with Crippen molar-refractivity contribution in [3.8, 4) is 11.5 Å². The molecule has 0 radical (unpaired) electrons. The largest absolute Gasteiger partial charge is 0.497 e. The van der Waals surface area contributed by atoms with Crippen molar-refractivity contribution in [3.05, 3.63) is 61.9 Å². The summed E-state index contributed by atoms with van der Waals surface area (Å²) in [5.41, 5.74) is 0.504. The van der Waals surface area contributed by atoms with E-state index in [9.17, 15) is 14.4 Å². The smallest absolute Gasteiger partial charge is 0.329 e. The van der Waals surface area contributed by atoms with Gasteiger partial charge in [-0.2, -0.15) is 0 Å². The van der Waals surface area contributed by atoms with E-state index < -0.39 is 17.2 Å². The molecule has 0 bridgehead atoms. The van der Waals surface area contributed by atoms with Crippen LogP contribution in [0.5, 0.6) is 11.5 Å². The summed E-state index contributed by atoms with van der Waals surface area (Å²) >= 11 is 0. The van der Waals surface area contributed by atoms with Crippen LogP contribution in [-0.4, -0.2) is 34.7 Å². The summed E-state index contributed by atoms with van der Waals surface area (Å²) < 4.78 is 12.0. The van der Waals surface area contributed by atoms with Gasteiger partial charge in [0.1, 0.15) is 11.5 Å². The van der Waals surface area contributed by atoms with Gasteiger partial charge in [-0.1, -0.05) is 13.8 Å². The molecule has 0 unspecified atom stereocenters. The first kappa shape index (κ1) is 22.1. The Kier molecular flexibility index (Phi) is 6.43. The molecule has 0 spiro atoms. The number of carbonyl (C=O) groups excluding carboxylic acids is 1. The third kappa shape index (κ3) is 4.30. The lowest BCUT2D eigenvalue weighted by molar-refractivity contribution is 0.0952. The van der Waals surface area contributed by atoms with Gasteiger partial charge in [0, 0.05) is 24.3 Å². The highest BCUT2D eigenvalue weighted by Crippen LogP contribution is 2.24. The van der Waals surface area contributed by atoms with Gasteiger partial charge in [-0.05, 0) is 37.1 Å². The summed E-state index contributed by atoms with van der Waals surface area (Å²) in [5.74, 6) is 0.770. The minimum atomic E-state index is -0.642. The minimum absolute atomic E-state index is 0.00544. The number of fused-ring (bicyclic) bond motifs is 1. The van der Waals surface area contributed by atoms with Crippen LogP contribution >= 0.6 is 0 Å². The highest BCUT2D eigenvalue weighted by atomic mass is 16.5. The number of aromatic nitrogens is 3. The lowest BCUT2D eigenvalue weighted by Gasteiger charge is -2.15. The van der Waals surface area contributed by atoms with Crippen molar-refractivity contribution in [1.29, 1.82) is 0 Å². The van der Waals surface area contributed by atoms with Gasteiger partial charge in [-0.25, -0.2) is 9.78 Å². The molecule has 2 aromatic heterocycles. The molecule has 0 saturated heterocycles. The number of nitrogens with zero attached hydrogens (tertiary/aromatic N) is 2. The molecule has 0 fully saturated rings. The second-order valence-corrected chi connectivity index (χ2v) is 7.31. The zero-order valence-electron chi connectivity index (χ0n) is 18.2. The molecule has 0 aliphatic rings. The first-order valence-electron chi connectivity index (χ1n) is 9.97. The number of ether oxygens (including phenoxy) is 2. The Morgan fingerprint density at radius 2 is 1.94 bits per heavy atom. The summed E-state index contributed by atoms with van der Waals surface area (Å²) in [5, 5.41) is 2.92. The summed E-state index contributed by atoms with van der Waals surface area (Å²) in [7, 11) is 3.10. The van der Waals surface area contributed by atoms with Gasteiger partial charge in [-0.3, -0.25) is 19.1 Å². The molecule has 1 aromatic carbocycles. The van der Waals surface area contributed by atoms with E-state index in [0.29, 0.717) is 23.7 Å². The Morgan fingerprint density at radius 1 is 1.19 bits per heavy atom. The summed E-state index contributed by atoms with van der Waals surface area (Å²) in [6.45, 7) is 6.10. The van der Waals surface area contributed by atoms with Gasteiger partial charge in [-0.15, -0.1) is 0 Å². The van der Waals surface area contributed by atoms with Gasteiger partial charge in [0.05, 0.1) is 25.2 Å². The van der Waals surface area contributed by atoms with Crippen LogP contribution in [0, 0.1) is 0 Å². The molecule has 0 aliphatic carbocycles. The lowest BCUT2D eigenvalue weighted by Crippen LogP contribution is -2.33. The Hall–Kier alpha value is -3.62. The van der Waals surface area contributed by atoms with Crippen LogP contribution in [0.3, 0.4) is 0 Å². The fourth-order valence-corrected chi connectivity index (χ4v) is 3.35. The molecule has 0 atom stereocenters. The number of pyridine rings is 1. The van der Waals surface area contributed by atoms with Crippen LogP contribution in [0.25, 0.3) is 11.0 Å². The van der Waals surface area contributed by atoms with Crippen molar-refractivity contribution in [2.45, 2.75) is 39.8 Å². The highest BCUT2D eigenvalue weighted by Gasteiger charge is 2.20. The van der Waals surface area contributed by atoms with E-state index in [1.54, 1.807) is 45.4 Å². The van der Waals surface area contributed by atoms with Crippen molar-refractivity contribution in [2.24, 2.45) is 0 Å². The zero-order valence-corrected chi connectivity index (χ0v) is 18.2. The van der Waals surface area contributed by atoms with Crippen LogP contribution in [0.1, 0.15) is 48.3 Å². The van der Waals surface area contributed by atoms with Crippen LogP contribution in [0.2, 0.25) is 0 Å². The average molecular weight is 426 g/mol. The number of aromatic amines is 1. The Balaban J connectivity index is 2.09. The molecule has 164 valence electrons. The van der Waals surface area contributed by atoms with E-state index in [-0.39, 0.29) is 29.1 Å². The van der Waals surface area contributed by atoms with E-state index in [2.05, 4.69) is 15.3 Å². The van der Waals surface area contributed by atoms with E-state index in [0.717, 1.165) is 5.56 Å². The SMILES string of the molecule is CCn1c(=O)[nH]c(=O)c2c(C(=O)NCc3cc(OC)ccc3OC)cc(C(C)C)nc21. The Bertz CT molecular complexity index is 1240. The van der Waals surface area contributed by atoms with E-state index in [1.807, 2.05) is 13.8 Å². The molecule has 2 heterocycles. The van der Waals surface area contributed by atoms with Crippen LogP contribution in [-0.2, 0) is 13.1 Å². The Labute approximate surface area is 179 Å². The molecule has 3 rings (SSSR count). The van der Waals surface area contributed by atoms with Crippen LogP contribution in [0.4, 0.5) is 0 Å². The maximum Gasteiger partial charge on any atom is 0.329 e. The Morgan fingerprint density at radius 3 is 2.55 bits per heavy atom. The van der Waals surface area contributed by atoms with Gasteiger partial charge in [0.25, 0.3) is 11.5 Å². The highest BCUT2D eigenvalue weighted by molar-refractivity contribution is 6.05. The van der Waals surface area contributed by atoms with Gasteiger partial charge < -0.3 is 14.8 Å². The molecule has 3 aromatic rings. The van der Waals surface area contributed by atoms with E-state index in [1.165, 1.54) is 4.57 Å². The lowest BCUT2D eigenvalue weighted by atomic mass is 10.0. The van der Waals surface area contributed by atoms with Gasteiger partial charge >= 0.3 is 5.69 Å². The molecule has 31 heavy (non-hydrogen) atoms. The summed E-state index contributed by atoms with van der Waals surface area (Å²) in [6, 6.07) is 6.89. The fourth-order valence-electron chi connectivity index (χ4n) is 3.35. The van der Waals surface area contributed by atoms with Crippen LogP contribution in [0.15, 0.2) is 33.9 Å². The standard InChI is InChI=1S/C22H26N4O5/c1-6-26-19-18(21(28)25-22(26)29)15(10-16(24-19)12(2)3)20(27)23-11-13-9-14(30-4)7-8-17(13)31-5/h7-10,12H,6,11H2,1-5H3,(H,23,27)(H,25,28,29). The predicted molar refractivity (Wildman–Crippen MR) is 117 cm³/mol. The number of hydrogen-bond acceptors (Lipinski definition) is 6. The number of carbonyl (C=O) groups is 1. The number of methoxy groups -OCH3 is 2. The van der Waals surface area contributed by atoms with E-state index >= 15 is 0 Å². The normalized spacial score (nSPS) is 11.0. The zero-order chi connectivity index (χ0) is 22.7. The second-order valence-electron chi connectivity index (χ2n) is 7.31. The number of hydrogen-bond donors (Lipinski definition) is 2. The van der Waals surface area contributed by atoms with Crippen molar-refractivity contribution in [1.82, 2.24) is 19.9 Å². The number of nitrogens with one attached hydrogen (secondary N) is 2. The monoisotopic (exact) mass is 426 g/mol. The van der Waals surface area contributed by atoms with Gasteiger partial charge in [0.15, 0.2) is 5.65 Å². The average Bonchev–Trinajstić information content (AvgIpc) is 2.76. The predicted octanol–water partition coefficient (Wildman–Crippen LogP) is 2.18. The molecule has 9 heteroatoms. The third-order valence-electron chi connectivity index (χ3n) is 5.05. The second kappa shape index (κ2) is 9.03. The maximum absolute atomic E-state index is 13.1. The number of rotatable bonds is 7. The van der Waals surface area contributed by atoms with Crippen LogP contribution < -0.4 is 26.0 Å². The number of amides is 1. The van der Waals surface area contributed by atoms with Crippen molar-refractivity contribution < 1.29 is 14.3 Å². The molecule has 0 aliphatic heterocycles. The summed E-state index contributed by atoms with van der Waals surface area (Å²) in [6.07, 6.45) is 0. The quantitative estimate of drug-likeness (QED) is 0.598.